The van der Waals surface area contributed by atoms with Crippen molar-refractivity contribution in [2.24, 2.45) is 0 Å². The predicted octanol–water partition coefficient (Wildman–Crippen LogP) is 3.58. The summed E-state index contributed by atoms with van der Waals surface area (Å²) < 4.78 is 0. The highest BCUT2D eigenvalue weighted by Crippen LogP contribution is 2.29. The summed E-state index contributed by atoms with van der Waals surface area (Å²) in [7, 11) is 0. The zero-order chi connectivity index (χ0) is 10.7. The molecule has 1 nitrogen and oxygen atoms in total. The van der Waals surface area contributed by atoms with Gasteiger partial charge in [-0.3, -0.25) is 0 Å². The van der Waals surface area contributed by atoms with E-state index >= 15 is 0 Å². The minimum absolute atomic E-state index is 0.741. The van der Waals surface area contributed by atoms with Crippen LogP contribution in [0.2, 0.25) is 0 Å². The largest absolute Gasteiger partial charge is 0.373 e. The van der Waals surface area contributed by atoms with Crippen LogP contribution in [-0.2, 0) is 0 Å². The lowest BCUT2D eigenvalue weighted by Crippen LogP contribution is -1.91. The average Bonchev–Trinajstić information content (AvgIpc) is 2.30. The molecule has 0 spiro atoms. The number of hydrogen-bond donors (Lipinski definition) is 1. The van der Waals surface area contributed by atoms with Crippen LogP contribution in [0.5, 0.6) is 0 Å². The highest BCUT2D eigenvalue weighted by atomic mass is 35.5. The Morgan fingerprint density at radius 2 is 1.47 bits per heavy atom. The second-order valence-corrected chi connectivity index (χ2v) is 3.70. The molecule has 2 rings (SSSR count). The van der Waals surface area contributed by atoms with Gasteiger partial charge in [0.1, 0.15) is 0 Å². The summed E-state index contributed by atoms with van der Waals surface area (Å²) in [5, 5.41) is 9.43. The molecule has 0 bridgehead atoms. The van der Waals surface area contributed by atoms with Gasteiger partial charge < -0.3 is 5.11 Å². The van der Waals surface area contributed by atoms with E-state index < -0.39 is 5.56 Å². The molecule has 0 heterocycles. The van der Waals surface area contributed by atoms with Gasteiger partial charge in [0.15, 0.2) is 5.56 Å². The van der Waals surface area contributed by atoms with Crippen LogP contribution >= 0.6 is 11.6 Å². The van der Waals surface area contributed by atoms with Gasteiger partial charge >= 0.3 is 0 Å². The molecule has 1 N–H and O–H groups in total. The summed E-state index contributed by atoms with van der Waals surface area (Å²) in [6.07, 6.45) is 0. The topological polar surface area (TPSA) is 20.2 Å². The Bertz CT molecular complexity index is 437. The Balaban J connectivity index is 2.53. The third kappa shape index (κ3) is 2.20. The van der Waals surface area contributed by atoms with Crippen molar-refractivity contribution in [3.05, 3.63) is 60.2 Å². The molecule has 15 heavy (non-hydrogen) atoms. The van der Waals surface area contributed by atoms with Crippen molar-refractivity contribution in [3.8, 4) is 11.1 Å². The van der Waals surface area contributed by atoms with Gasteiger partial charge in [-0.15, -0.1) is 0 Å². The van der Waals surface area contributed by atoms with Gasteiger partial charge in [0.25, 0.3) is 0 Å². The maximum Gasteiger partial charge on any atom is 0.154 e. The van der Waals surface area contributed by atoms with E-state index in [1.165, 1.54) is 0 Å². The fourth-order valence-corrected chi connectivity index (χ4v) is 1.78. The first-order valence-electron chi connectivity index (χ1n) is 4.75. The van der Waals surface area contributed by atoms with Crippen molar-refractivity contribution >= 4 is 11.6 Å². The molecule has 0 aromatic heterocycles. The zero-order valence-electron chi connectivity index (χ0n) is 8.10. The number of halogens is 1. The van der Waals surface area contributed by atoms with Crippen molar-refractivity contribution in [1.82, 2.24) is 0 Å². The van der Waals surface area contributed by atoms with Crippen molar-refractivity contribution in [1.29, 1.82) is 0 Å². The molecule has 0 saturated carbocycles. The van der Waals surface area contributed by atoms with Crippen LogP contribution in [-0.4, -0.2) is 5.11 Å². The molecule has 0 aliphatic rings. The second kappa shape index (κ2) is 4.47. The maximum atomic E-state index is 9.43. The minimum atomic E-state index is -0.957. The molecule has 0 radical (unpaired) electrons. The number of benzene rings is 2. The van der Waals surface area contributed by atoms with Crippen molar-refractivity contribution in [2.45, 2.75) is 5.56 Å². The Hall–Kier alpha value is -1.31. The highest BCUT2D eigenvalue weighted by Gasteiger charge is 2.09. The van der Waals surface area contributed by atoms with Crippen LogP contribution in [0.4, 0.5) is 0 Å². The standard InChI is InChI=1S/C13H11ClO/c14-13(15)12-9-5-4-8-11(12)10-6-2-1-3-7-10/h1-9,13,15H. The summed E-state index contributed by atoms with van der Waals surface area (Å²) in [6, 6.07) is 17.5. The van der Waals surface area contributed by atoms with E-state index in [0.29, 0.717) is 0 Å². The molecule has 0 saturated heterocycles. The predicted molar refractivity (Wildman–Crippen MR) is 62.7 cm³/mol. The molecule has 76 valence electrons. The van der Waals surface area contributed by atoms with Gasteiger partial charge in [-0.2, -0.15) is 0 Å². The van der Waals surface area contributed by atoms with E-state index in [1.807, 2.05) is 54.6 Å². The van der Waals surface area contributed by atoms with Gasteiger partial charge in [-0.1, -0.05) is 66.2 Å². The summed E-state index contributed by atoms with van der Waals surface area (Å²) in [4.78, 5) is 0. The highest BCUT2D eigenvalue weighted by molar-refractivity contribution is 6.20. The normalized spacial score (nSPS) is 12.4. The summed E-state index contributed by atoms with van der Waals surface area (Å²) >= 11 is 5.71. The van der Waals surface area contributed by atoms with Crippen molar-refractivity contribution in [2.75, 3.05) is 0 Å². The molecule has 2 heteroatoms. The third-order valence-corrected chi connectivity index (χ3v) is 2.54. The Kier molecular flexibility index (Phi) is 3.05. The van der Waals surface area contributed by atoms with Gasteiger partial charge in [-0.05, 0) is 11.1 Å². The van der Waals surface area contributed by atoms with E-state index in [0.717, 1.165) is 16.7 Å². The Labute approximate surface area is 94.0 Å². The monoisotopic (exact) mass is 218 g/mol. The molecule has 2 aromatic rings. The molecule has 0 fully saturated rings. The van der Waals surface area contributed by atoms with Crippen molar-refractivity contribution < 1.29 is 5.11 Å². The molecular formula is C13H11ClO. The summed E-state index contributed by atoms with van der Waals surface area (Å²) in [6.45, 7) is 0. The third-order valence-electron chi connectivity index (χ3n) is 2.30. The molecule has 1 unspecified atom stereocenters. The van der Waals surface area contributed by atoms with Crippen LogP contribution in [0.25, 0.3) is 11.1 Å². The number of rotatable bonds is 2. The lowest BCUT2D eigenvalue weighted by atomic mass is 10.0. The Morgan fingerprint density at radius 3 is 2.13 bits per heavy atom. The van der Waals surface area contributed by atoms with Crippen LogP contribution in [0.3, 0.4) is 0 Å². The SMILES string of the molecule is OC(Cl)c1ccccc1-c1ccccc1. The first kappa shape index (κ1) is 10.2. The van der Waals surface area contributed by atoms with Crippen LogP contribution in [0, 0.1) is 0 Å². The van der Waals surface area contributed by atoms with E-state index in [2.05, 4.69) is 0 Å². The first-order valence-corrected chi connectivity index (χ1v) is 5.19. The van der Waals surface area contributed by atoms with Crippen LogP contribution in [0.15, 0.2) is 54.6 Å². The molecule has 2 aromatic carbocycles. The van der Waals surface area contributed by atoms with E-state index in [4.69, 9.17) is 11.6 Å². The lowest BCUT2D eigenvalue weighted by molar-refractivity contribution is 0.263. The maximum absolute atomic E-state index is 9.43. The molecular weight excluding hydrogens is 208 g/mol. The number of aliphatic hydroxyl groups is 1. The van der Waals surface area contributed by atoms with Gasteiger partial charge in [0.05, 0.1) is 0 Å². The minimum Gasteiger partial charge on any atom is -0.373 e. The fraction of sp³-hybridized carbons (Fsp3) is 0.0769. The molecule has 0 amide bonds. The smallest absolute Gasteiger partial charge is 0.154 e. The molecule has 0 aliphatic heterocycles. The second-order valence-electron chi connectivity index (χ2n) is 3.29. The van der Waals surface area contributed by atoms with Gasteiger partial charge in [0.2, 0.25) is 0 Å². The summed E-state index contributed by atoms with van der Waals surface area (Å²) in [5.74, 6) is 0. The van der Waals surface area contributed by atoms with Crippen molar-refractivity contribution in [3.63, 3.8) is 0 Å². The fourth-order valence-electron chi connectivity index (χ4n) is 1.59. The number of hydrogen-bond acceptors (Lipinski definition) is 1. The van der Waals surface area contributed by atoms with Crippen LogP contribution < -0.4 is 0 Å². The van der Waals surface area contributed by atoms with Gasteiger partial charge in [0, 0.05) is 5.56 Å². The van der Waals surface area contributed by atoms with E-state index in [-0.39, 0.29) is 0 Å². The van der Waals surface area contributed by atoms with E-state index in [9.17, 15) is 5.11 Å². The number of alkyl halides is 1. The zero-order valence-corrected chi connectivity index (χ0v) is 8.85. The lowest BCUT2D eigenvalue weighted by Gasteiger charge is -2.10. The molecule has 0 aliphatic carbocycles. The Morgan fingerprint density at radius 1 is 0.867 bits per heavy atom. The van der Waals surface area contributed by atoms with E-state index in [1.54, 1.807) is 0 Å². The molecule has 1 atom stereocenters. The van der Waals surface area contributed by atoms with Gasteiger partial charge in [-0.25, -0.2) is 0 Å². The summed E-state index contributed by atoms with van der Waals surface area (Å²) in [5.41, 5.74) is 1.82. The quantitative estimate of drug-likeness (QED) is 0.764. The number of aliphatic hydroxyl groups excluding tert-OH is 1. The first-order chi connectivity index (χ1) is 7.29. The van der Waals surface area contributed by atoms with Crippen LogP contribution in [0.1, 0.15) is 11.1 Å². The average molecular weight is 219 g/mol.